The molecule has 1 N–H and O–H groups in total. The first kappa shape index (κ1) is 26.0. The van der Waals surface area contributed by atoms with Crippen molar-refractivity contribution in [1.29, 1.82) is 0 Å². The van der Waals surface area contributed by atoms with Crippen molar-refractivity contribution in [3.63, 3.8) is 0 Å². The van der Waals surface area contributed by atoms with Crippen LogP contribution in [0.4, 0.5) is 5.82 Å². The maximum absolute atomic E-state index is 14.1. The first-order chi connectivity index (χ1) is 19.4. The Labute approximate surface area is 238 Å². The van der Waals surface area contributed by atoms with Gasteiger partial charge in [-0.3, -0.25) is 4.79 Å². The van der Waals surface area contributed by atoms with Crippen LogP contribution in [0.5, 0.6) is 17.2 Å². The van der Waals surface area contributed by atoms with Crippen molar-refractivity contribution in [2.24, 2.45) is 0 Å². The highest BCUT2D eigenvalue weighted by Gasteiger charge is 2.41. The number of hydrogen-bond donors (Lipinski definition) is 1. The smallest absolute Gasteiger partial charge is 0.203 e. The normalized spacial score (nSPS) is 18.1. The fourth-order valence-corrected chi connectivity index (χ4v) is 6.12. The highest BCUT2D eigenvalue weighted by Crippen LogP contribution is 2.51. The number of nitrogens with zero attached hydrogens (tertiary/aromatic N) is 2. The van der Waals surface area contributed by atoms with Crippen LogP contribution >= 0.6 is 11.6 Å². The summed E-state index contributed by atoms with van der Waals surface area (Å²) in [4.78, 5) is 14.1. The number of fused-ring (bicyclic) bond motifs is 1. The third-order valence-electron chi connectivity index (χ3n) is 7.82. The van der Waals surface area contributed by atoms with Crippen LogP contribution in [0.3, 0.4) is 0 Å². The van der Waals surface area contributed by atoms with E-state index in [1.165, 1.54) is 0 Å². The maximum atomic E-state index is 14.1. The standard InChI is InChI=1S/C32H30ClN3O4/c1-18-28-29(19-10-12-22(33)13-11-19)30-24(34-32(28)36(35-18)23-8-6-5-7-9-23)14-20(15-25(30)37)21-16-26(38-2)31(40-4)27(17-21)39-3/h5-13,16-17,20,29,34H,14-15H2,1-4H3/t20-,29+/m1/s1. The summed E-state index contributed by atoms with van der Waals surface area (Å²) in [5, 5.41) is 9.23. The minimum Gasteiger partial charge on any atom is -0.493 e. The Hall–Kier alpha value is -4.23. The van der Waals surface area contributed by atoms with Crippen LogP contribution < -0.4 is 19.5 Å². The Balaban J connectivity index is 1.49. The summed E-state index contributed by atoms with van der Waals surface area (Å²) >= 11 is 6.25. The third-order valence-corrected chi connectivity index (χ3v) is 8.08. The monoisotopic (exact) mass is 555 g/mol. The fraction of sp³-hybridized carbons (Fsp3) is 0.250. The summed E-state index contributed by atoms with van der Waals surface area (Å²) in [5.74, 6) is 2.31. The first-order valence-electron chi connectivity index (χ1n) is 13.2. The molecule has 0 saturated carbocycles. The molecule has 0 bridgehead atoms. The zero-order valence-corrected chi connectivity index (χ0v) is 23.6. The zero-order chi connectivity index (χ0) is 28.0. The third kappa shape index (κ3) is 4.31. The molecule has 7 nitrogen and oxygen atoms in total. The van der Waals surface area contributed by atoms with Crippen LogP contribution in [0, 0.1) is 6.92 Å². The Bertz CT molecular complexity index is 1600. The Morgan fingerprint density at radius 1 is 0.900 bits per heavy atom. The Morgan fingerprint density at radius 2 is 1.57 bits per heavy atom. The van der Waals surface area contributed by atoms with Gasteiger partial charge in [0.2, 0.25) is 5.75 Å². The molecule has 2 heterocycles. The van der Waals surface area contributed by atoms with Gasteiger partial charge in [-0.1, -0.05) is 41.9 Å². The van der Waals surface area contributed by atoms with Gasteiger partial charge in [0.05, 0.1) is 32.7 Å². The van der Waals surface area contributed by atoms with Gasteiger partial charge < -0.3 is 19.5 Å². The largest absolute Gasteiger partial charge is 0.493 e. The van der Waals surface area contributed by atoms with E-state index in [9.17, 15) is 4.79 Å². The second-order valence-electron chi connectivity index (χ2n) is 10.1. The van der Waals surface area contributed by atoms with Gasteiger partial charge in [-0.25, -0.2) is 4.68 Å². The molecule has 8 heteroatoms. The van der Waals surface area contributed by atoms with Gasteiger partial charge in [0.15, 0.2) is 17.3 Å². The number of Topliss-reactive ketones (excluding diaryl/α,β-unsaturated/α-hetero) is 1. The van der Waals surface area contributed by atoms with Crippen molar-refractivity contribution in [3.8, 4) is 22.9 Å². The predicted octanol–water partition coefficient (Wildman–Crippen LogP) is 6.82. The number of nitrogens with one attached hydrogen (secondary N) is 1. The number of aromatic nitrogens is 2. The first-order valence-corrected chi connectivity index (χ1v) is 13.5. The van der Waals surface area contributed by atoms with Gasteiger partial charge in [0.1, 0.15) is 5.82 Å². The zero-order valence-electron chi connectivity index (χ0n) is 22.8. The summed E-state index contributed by atoms with van der Waals surface area (Å²) in [6, 6.07) is 21.7. The summed E-state index contributed by atoms with van der Waals surface area (Å²) in [6.07, 6.45) is 1.01. The average molecular weight is 556 g/mol. The summed E-state index contributed by atoms with van der Waals surface area (Å²) < 4.78 is 18.7. The van der Waals surface area contributed by atoms with Crippen molar-refractivity contribution >= 4 is 23.2 Å². The quantitative estimate of drug-likeness (QED) is 0.281. The molecule has 204 valence electrons. The van der Waals surface area contributed by atoms with E-state index in [1.54, 1.807) is 21.3 Å². The molecule has 0 fully saturated rings. The van der Waals surface area contributed by atoms with Crippen molar-refractivity contribution in [1.82, 2.24) is 9.78 Å². The number of rotatable bonds is 6. The molecule has 2 aliphatic rings. The van der Waals surface area contributed by atoms with E-state index in [4.69, 9.17) is 30.9 Å². The molecule has 3 aromatic carbocycles. The topological polar surface area (TPSA) is 74.6 Å². The van der Waals surface area contributed by atoms with Gasteiger partial charge in [0, 0.05) is 34.2 Å². The number of carbonyl (C=O) groups excluding carboxylic acids is 1. The molecule has 0 unspecified atom stereocenters. The van der Waals surface area contributed by atoms with Crippen molar-refractivity contribution < 1.29 is 19.0 Å². The highest BCUT2D eigenvalue weighted by atomic mass is 35.5. The van der Waals surface area contributed by atoms with Crippen LogP contribution in [0.15, 0.2) is 78.0 Å². The second-order valence-corrected chi connectivity index (χ2v) is 10.5. The van der Waals surface area contributed by atoms with E-state index < -0.39 is 0 Å². The number of halogens is 1. The van der Waals surface area contributed by atoms with Gasteiger partial charge in [-0.15, -0.1) is 0 Å². The van der Waals surface area contributed by atoms with E-state index in [0.717, 1.165) is 45.2 Å². The molecule has 0 radical (unpaired) electrons. The van der Waals surface area contributed by atoms with Gasteiger partial charge in [-0.05, 0) is 66.8 Å². The predicted molar refractivity (Wildman–Crippen MR) is 155 cm³/mol. The number of para-hydroxylation sites is 1. The molecule has 40 heavy (non-hydrogen) atoms. The van der Waals surface area contributed by atoms with Crippen LogP contribution in [0.1, 0.15) is 47.1 Å². The molecule has 1 aromatic heterocycles. The lowest BCUT2D eigenvalue weighted by Gasteiger charge is -2.36. The summed E-state index contributed by atoms with van der Waals surface area (Å²) in [5.41, 5.74) is 6.48. The van der Waals surface area contributed by atoms with Crippen LogP contribution in [0.25, 0.3) is 5.69 Å². The number of hydrogen-bond acceptors (Lipinski definition) is 6. The number of carbonyl (C=O) groups is 1. The van der Waals surface area contributed by atoms with Gasteiger partial charge >= 0.3 is 0 Å². The van der Waals surface area contributed by atoms with Crippen LogP contribution in [-0.2, 0) is 4.79 Å². The SMILES string of the molecule is COc1cc([C@H]2CC(=O)C3=C(C2)Nc2c(c(C)nn2-c2ccccc2)[C@@H]3c2ccc(Cl)cc2)cc(OC)c1OC. The van der Waals surface area contributed by atoms with Crippen molar-refractivity contribution in [2.75, 3.05) is 26.6 Å². The molecule has 0 spiro atoms. The number of aryl methyl sites for hydroxylation is 1. The molecule has 4 aromatic rings. The minimum absolute atomic E-state index is 0.0749. The molecule has 6 rings (SSSR count). The molecule has 2 atom stereocenters. The van der Waals surface area contributed by atoms with Crippen LogP contribution in [0.2, 0.25) is 5.02 Å². The maximum Gasteiger partial charge on any atom is 0.203 e. The molecule has 1 aliphatic heterocycles. The van der Waals surface area contributed by atoms with Gasteiger partial charge in [0.25, 0.3) is 0 Å². The highest BCUT2D eigenvalue weighted by molar-refractivity contribution is 6.30. The van der Waals surface area contributed by atoms with Crippen molar-refractivity contribution in [3.05, 3.63) is 105 Å². The summed E-state index contributed by atoms with van der Waals surface area (Å²) in [6.45, 7) is 2.00. The van der Waals surface area contributed by atoms with E-state index >= 15 is 0 Å². The van der Waals surface area contributed by atoms with E-state index in [2.05, 4.69) is 5.32 Å². The second kappa shape index (κ2) is 10.4. The summed E-state index contributed by atoms with van der Waals surface area (Å²) in [7, 11) is 4.78. The van der Waals surface area contributed by atoms with Crippen molar-refractivity contribution in [2.45, 2.75) is 31.6 Å². The van der Waals surface area contributed by atoms with Gasteiger partial charge in [-0.2, -0.15) is 5.10 Å². The van der Waals surface area contributed by atoms with E-state index in [0.29, 0.717) is 35.1 Å². The Morgan fingerprint density at radius 3 is 2.20 bits per heavy atom. The van der Waals surface area contributed by atoms with E-state index in [1.807, 2.05) is 78.3 Å². The Kier molecular flexibility index (Phi) is 6.76. The van der Waals surface area contributed by atoms with E-state index in [-0.39, 0.29) is 17.6 Å². The fourth-order valence-electron chi connectivity index (χ4n) is 5.99. The molecular weight excluding hydrogens is 526 g/mol. The minimum atomic E-state index is -0.255. The lowest BCUT2D eigenvalue weighted by atomic mass is 9.72. The van der Waals surface area contributed by atoms with Crippen LogP contribution in [-0.4, -0.2) is 36.9 Å². The molecular formula is C32H30ClN3O4. The number of ketones is 1. The lowest BCUT2D eigenvalue weighted by molar-refractivity contribution is -0.116. The lowest BCUT2D eigenvalue weighted by Crippen LogP contribution is -2.30. The average Bonchev–Trinajstić information content (AvgIpc) is 3.31. The number of benzene rings is 3. The molecule has 0 saturated heterocycles. The number of methoxy groups -OCH3 is 3. The molecule has 1 aliphatic carbocycles. The number of anilines is 1. The number of ether oxygens (including phenoxy) is 3. The molecule has 0 amide bonds. The number of allylic oxidation sites excluding steroid dienone is 2.